The summed E-state index contributed by atoms with van der Waals surface area (Å²) in [6.45, 7) is 4.77. The van der Waals surface area contributed by atoms with Crippen molar-refractivity contribution in [2.24, 2.45) is 0 Å². The van der Waals surface area contributed by atoms with Gasteiger partial charge in [-0.3, -0.25) is 4.79 Å². The summed E-state index contributed by atoms with van der Waals surface area (Å²) in [4.78, 5) is 12.9. The van der Waals surface area contributed by atoms with Gasteiger partial charge in [-0.05, 0) is 60.5 Å². The van der Waals surface area contributed by atoms with Crippen molar-refractivity contribution < 1.29 is 14.3 Å². The van der Waals surface area contributed by atoms with Gasteiger partial charge in [0.1, 0.15) is 18.1 Å². The van der Waals surface area contributed by atoms with Crippen molar-refractivity contribution in [1.82, 2.24) is 5.32 Å². The predicted molar refractivity (Wildman–Crippen MR) is 128 cm³/mol. The van der Waals surface area contributed by atoms with Crippen LogP contribution in [0.3, 0.4) is 0 Å². The summed E-state index contributed by atoms with van der Waals surface area (Å²) in [6.07, 6.45) is 0. The van der Waals surface area contributed by atoms with Crippen molar-refractivity contribution in [1.29, 1.82) is 0 Å². The molecule has 0 saturated carbocycles. The molecule has 0 heterocycles. The van der Waals surface area contributed by atoms with E-state index in [9.17, 15) is 4.79 Å². The van der Waals surface area contributed by atoms with Crippen molar-refractivity contribution in [3.63, 3.8) is 0 Å². The number of rotatable bonds is 8. The molecule has 0 bridgehead atoms. The van der Waals surface area contributed by atoms with Gasteiger partial charge in [-0.1, -0.05) is 60.7 Å². The molecule has 1 unspecified atom stereocenters. The van der Waals surface area contributed by atoms with E-state index in [1.165, 1.54) is 5.39 Å². The van der Waals surface area contributed by atoms with Crippen molar-refractivity contribution >= 4 is 16.7 Å². The molecule has 4 rings (SSSR count). The molecule has 0 radical (unpaired) electrons. The van der Waals surface area contributed by atoms with Gasteiger partial charge >= 0.3 is 0 Å². The molecule has 0 spiro atoms. The number of fused-ring (bicyclic) bond motifs is 1. The quantitative estimate of drug-likeness (QED) is 0.360. The SMILES string of the molecule is CCOc1ccc(C(=O)NC(C)c2ccccc2)cc1COc1ccc2ccccc2c1. The van der Waals surface area contributed by atoms with Gasteiger partial charge in [0, 0.05) is 11.1 Å². The van der Waals surface area contributed by atoms with Crippen LogP contribution in [0.15, 0.2) is 91.0 Å². The van der Waals surface area contributed by atoms with E-state index in [0.29, 0.717) is 18.8 Å². The van der Waals surface area contributed by atoms with Crippen molar-refractivity contribution in [2.45, 2.75) is 26.5 Å². The molecule has 4 nitrogen and oxygen atoms in total. The first-order chi connectivity index (χ1) is 15.6. The summed E-state index contributed by atoms with van der Waals surface area (Å²) in [5, 5.41) is 5.36. The monoisotopic (exact) mass is 425 g/mol. The first kappa shape index (κ1) is 21.4. The van der Waals surface area contributed by atoms with E-state index in [4.69, 9.17) is 9.47 Å². The molecule has 4 aromatic rings. The summed E-state index contributed by atoms with van der Waals surface area (Å²) in [5.41, 5.74) is 2.47. The number of ether oxygens (including phenoxy) is 2. The first-order valence-corrected chi connectivity index (χ1v) is 10.9. The smallest absolute Gasteiger partial charge is 0.251 e. The van der Waals surface area contributed by atoms with Gasteiger partial charge < -0.3 is 14.8 Å². The molecule has 4 heteroatoms. The third kappa shape index (κ3) is 5.09. The van der Waals surface area contributed by atoms with Crippen LogP contribution in [0, 0.1) is 0 Å². The van der Waals surface area contributed by atoms with E-state index < -0.39 is 0 Å². The Kier molecular flexibility index (Phi) is 6.71. The summed E-state index contributed by atoms with van der Waals surface area (Å²) >= 11 is 0. The van der Waals surface area contributed by atoms with Gasteiger partial charge in [-0.15, -0.1) is 0 Å². The van der Waals surface area contributed by atoms with E-state index in [0.717, 1.165) is 28.0 Å². The van der Waals surface area contributed by atoms with Gasteiger partial charge in [0.05, 0.1) is 12.6 Å². The highest BCUT2D eigenvalue weighted by atomic mass is 16.5. The van der Waals surface area contributed by atoms with E-state index in [1.54, 1.807) is 6.07 Å². The lowest BCUT2D eigenvalue weighted by atomic mass is 10.1. The maximum atomic E-state index is 12.9. The zero-order chi connectivity index (χ0) is 22.3. The lowest BCUT2D eigenvalue weighted by molar-refractivity contribution is 0.0939. The second-order valence-electron chi connectivity index (χ2n) is 7.66. The normalized spacial score (nSPS) is 11.7. The van der Waals surface area contributed by atoms with Gasteiger partial charge in [-0.25, -0.2) is 0 Å². The third-order valence-corrected chi connectivity index (χ3v) is 5.38. The van der Waals surface area contributed by atoms with Crippen LogP contribution in [0.25, 0.3) is 10.8 Å². The molecule has 0 aromatic heterocycles. The summed E-state index contributed by atoms with van der Waals surface area (Å²) in [5.74, 6) is 1.37. The van der Waals surface area contributed by atoms with Crippen molar-refractivity contribution in [3.8, 4) is 11.5 Å². The standard InChI is InChI=1S/C28H27NO3/c1-3-31-27-16-14-24(28(30)29-20(2)21-9-5-4-6-10-21)17-25(27)19-32-26-15-13-22-11-7-8-12-23(22)18-26/h4-18,20H,3,19H2,1-2H3,(H,29,30). The van der Waals surface area contributed by atoms with Gasteiger partial charge in [-0.2, -0.15) is 0 Å². The maximum Gasteiger partial charge on any atom is 0.251 e. The van der Waals surface area contributed by atoms with Crippen LogP contribution in [0.4, 0.5) is 0 Å². The van der Waals surface area contributed by atoms with E-state index in [2.05, 4.69) is 17.4 Å². The molecule has 0 fully saturated rings. The highest BCUT2D eigenvalue weighted by Gasteiger charge is 2.14. The Labute approximate surface area is 188 Å². The fourth-order valence-electron chi connectivity index (χ4n) is 3.65. The fraction of sp³-hybridized carbons (Fsp3) is 0.179. The zero-order valence-corrected chi connectivity index (χ0v) is 18.4. The lowest BCUT2D eigenvalue weighted by Gasteiger charge is -2.16. The maximum absolute atomic E-state index is 12.9. The Morgan fingerprint density at radius 3 is 2.38 bits per heavy atom. The second kappa shape index (κ2) is 10.0. The van der Waals surface area contributed by atoms with Crippen LogP contribution >= 0.6 is 0 Å². The molecule has 1 atom stereocenters. The molecular weight excluding hydrogens is 398 g/mol. The molecule has 4 aromatic carbocycles. The summed E-state index contributed by atoms with van der Waals surface area (Å²) < 4.78 is 11.8. The first-order valence-electron chi connectivity index (χ1n) is 10.9. The predicted octanol–water partition coefficient (Wildman–Crippen LogP) is 6.31. The number of hydrogen-bond donors (Lipinski definition) is 1. The topological polar surface area (TPSA) is 47.6 Å². The van der Waals surface area contributed by atoms with E-state index >= 15 is 0 Å². The number of carbonyl (C=O) groups is 1. The molecule has 0 aliphatic carbocycles. The van der Waals surface area contributed by atoms with Crippen LogP contribution in [-0.4, -0.2) is 12.5 Å². The lowest BCUT2D eigenvalue weighted by Crippen LogP contribution is -2.26. The number of carbonyl (C=O) groups excluding carboxylic acids is 1. The van der Waals surface area contributed by atoms with Crippen LogP contribution < -0.4 is 14.8 Å². The highest BCUT2D eigenvalue weighted by molar-refractivity contribution is 5.94. The number of benzene rings is 4. The Balaban J connectivity index is 1.51. The molecular formula is C28H27NO3. The number of amides is 1. The van der Waals surface area contributed by atoms with E-state index in [-0.39, 0.29) is 11.9 Å². The highest BCUT2D eigenvalue weighted by Crippen LogP contribution is 2.25. The largest absolute Gasteiger partial charge is 0.493 e. The molecule has 162 valence electrons. The number of hydrogen-bond acceptors (Lipinski definition) is 3. The van der Waals surface area contributed by atoms with Crippen molar-refractivity contribution in [3.05, 3.63) is 108 Å². The zero-order valence-electron chi connectivity index (χ0n) is 18.4. The van der Waals surface area contributed by atoms with Gasteiger partial charge in [0.15, 0.2) is 0 Å². The third-order valence-electron chi connectivity index (χ3n) is 5.38. The Morgan fingerprint density at radius 2 is 1.59 bits per heavy atom. The molecule has 0 aliphatic heterocycles. The summed E-state index contributed by atoms with van der Waals surface area (Å²) in [7, 11) is 0. The van der Waals surface area contributed by atoms with Crippen LogP contribution in [-0.2, 0) is 6.61 Å². The Hall–Kier alpha value is -3.79. The minimum Gasteiger partial charge on any atom is -0.493 e. The average Bonchev–Trinajstić information content (AvgIpc) is 2.84. The van der Waals surface area contributed by atoms with Crippen molar-refractivity contribution in [2.75, 3.05) is 6.61 Å². The molecule has 0 aliphatic rings. The second-order valence-corrected chi connectivity index (χ2v) is 7.66. The van der Waals surface area contributed by atoms with Crippen LogP contribution in [0.5, 0.6) is 11.5 Å². The Bertz CT molecular complexity index is 1200. The average molecular weight is 426 g/mol. The molecule has 32 heavy (non-hydrogen) atoms. The summed E-state index contributed by atoms with van der Waals surface area (Å²) in [6, 6.07) is 29.5. The Morgan fingerprint density at radius 1 is 0.844 bits per heavy atom. The minimum atomic E-state index is -0.128. The molecule has 1 N–H and O–H groups in total. The van der Waals surface area contributed by atoms with Crippen LogP contribution in [0.1, 0.15) is 41.4 Å². The number of nitrogens with one attached hydrogen (secondary N) is 1. The molecule has 1 amide bonds. The molecule has 0 saturated heterocycles. The van der Waals surface area contributed by atoms with Crippen LogP contribution in [0.2, 0.25) is 0 Å². The van der Waals surface area contributed by atoms with Gasteiger partial charge in [0.2, 0.25) is 0 Å². The van der Waals surface area contributed by atoms with E-state index in [1.807, 2.05) is 86.6 Å². The fourth-order valence-corrected chi connectivity index (χ4v) is 3.65. The van der Waals surface area contributed by atoms with Gasteiger partial charge in [0.25, 0.3) is 5.91 Å². The minimum absolute atomic E-state index is 0.0902.